The normalized spacial score (nSPS) is 12.1. The van der Waals surface area contributed by atoms with E-state index in [2.05, 4.69) is 5.16 Å². The molecular weight excluding hydrogens is 420 g/mol. The summed E-state index contributed by atoms with van der Waals surface area (Å²) in [6, 6.07) is 12.4. The van der Waals surface area contributed by atoms with Crippen molar-refractivity contribution in [2.45, 2.75) is 32.9 Å². The quantitative estimate of drug-likeness (QED) is 0.399. The lowest BCUT2D eigenvalue weighted by Crippen LogP contribution is -2.37. The van der Waals surface area contributed by atoms with Crippen LogP contribution in [0.4, 0.5) is 0 Å². The maximum atomic E-state index is 12.4. The van der Waals surface area contributed by atoms with Crippen LogP contribution >= 0.6 is 11.3 Å². The van der Waals surface area contributed by atoms with Crippen molar-refractivity contribution in [1.82, 2.24) is 4.57 Å². The van der Waals surface area contributed by atoms with E-state index in [-0.39, 0.29) is 4.87 Å². The Balaban J connectivity index is 1.65. The Labute approximate surface area is 183 Å². The number of carbonyl (C=O) groups is 1. The van der Waals surface area contributed by atoms with E-state index in [9.17, 15) is 9.59 Å². The van der Waals surface area contributed by atoms with E-state index >= 15 is 0 Å². The number of carboxylic acid groups (broad SMARTS) is 1. The number of hydrogen-bond acceptors (Lipinski definition) is 7. The van der Waals surface area contributed by atoms with Gasteiger partial charge in [-0.2, -0.15) is 0 Å². The van der Waals surface area contributed by atoms with Crippen LogP contribution in [0.2, 0.25) is 0 Å². The van der Waals surface area contributed by atoms with E-state index in [1.54, 1.807) is 28.8 Å². The molecule has 2 aromatic carbocycles. The van der Waals surface area contributed by atoms with Crippen molar-refractivity contribution < 1.29 is 24.2 Å². The van der Waals surface area contributed by atoms with Crippen molar-refractivity contribution in [2.75, 3.05) is 13.7 Å². The van der Waals surface area contributed by atoms with Crippen LogP contribution in [0.1, 0.15) is 26.3 Å². The van der Waals surface area contributed by atoms with Gasteiger partial charge in [0.15, 0.2) is 5.60 Å². The van der Waals surface area contributed by atoms with Gasteiger partial charge in [-0.15, -0.1) is 0 Å². The van der Waals surface area contributed by atoms with Crippen molar-refractivity contribution in [3.8, 4) is 11.5 Å². The fourth-order valence-corrected chi connectivity index (χ4v) is 3.85. The standard InChI is InChI=1S/C22H24N2O6S/c1-14(23-28-4)15-5-10-18-19(13-15)31-21(27)24(18)11-12-29-16-6-8-17(9-7-16)30-22(2,3)20(25)26/h5-10,13H,11-12H2,1-4H3,(H,25,26). The second-order valence-corrected chi connectivity index (χ2v) is 8.29. The monoisotopic (exact) mass is 444 g/mol. The predicted molar refractivity (Wildman–Crippen MR) is 120 cm³/mol. The summed E-state index contributed by atoms with van der Waals surface area (Å²) < 4.78 is 13.8. The van der Waals surface area contributed by atoms with Crippen LogP contribution in [0, 0.1) is 0 Å². The molecule has 3 aromatic rings. The highest BCUT2D eigenvalue weighted by Gasteiger charge is 2.29. The number of fused-ring (bicyclic) bond motifs is 1. The minimum Gasteiger partial charge on any atom is -0.492 e. The third-order valence-electron chi connectivity index (χ3n) is 4.61. The van der Waals surface area contributed by atoms with Crippen molar-refractivity contribution >= 4 is 33.2 Å². The fourth-order valence-electron chi connectivity index (χ4n) is 2.89. The van der Waals surface area contributed by atoms with Crippen LogP contribution in [-0.4, -0.2) is 40.7 Å². The molecule has 9 heteroatoms. The number of benzene rings is 2. The summed E-state index contributed by atoms with van der Waals surface area (Å²) >= 11 is 1.18. The molecule has 0 radical (unpaired) electrons. The first-order chi connectivity index (χ1) is 14.7. The van der Waals surface area contributed by atoms with Crippen molar-refractivity contribution in [2.24, 2.45) is 5.16 Å². The van der Waals surface area contributed by atoms with Gasteiger partial charge < -0.3 is 19.4 Å². The second kappa shape index (κ2) is 9.22. The lowest BCUT2D eigenvalue weighted by Gasteiger charge is -2.21. The van der Waals surface area contributed by atoms with Gasteiger partial charge in [0, 0.05) is 5.56 Å². The number of nitrogens with zero attached hydrogens (tertiary/aromatic N) is 2. The molecule has 164 valence electrons. The van der Waals surface area contributed by atoms with Gasteiger partial charge >= 0.3 is 10.8 Å². The highest BCUT2D eigenvalue weighted by molar-refractivity contribution is 7.16. The van der Waals surface area contributed by atoms with Crippen LogP contribution in [-0.2, 0) is 16.2 Å². The van der Waals surface area contributed by atoms with E-state index in [1.165, 1.54) is 32.3 Å². The molecule has 3 rings (SSSR count). The third kappa shape index (κ3) is 5.24. The zero-order chi connectivity index (χ0) is 22.6. The molecule has 1 N–H and O–H groups in total. The predicted octanol–water partition coefficient (Wildman–Crippen LogP) is 3.75. The second-order valence-electron chi connectivity index (χ2n) is 7.30. The van der Waals surface area contributed by atoms with Crippen molar-refractivity contribution in [3.63, 3.8) is 0 Å². The maximum absolute atomic E-state index is 12.4. The van der Waals surface area contributed by atoms with Gasteiger partial charge in [0.05, 0.1) is 22.5 Å². The summed E-state index contributed by atoms with van der Waals surface area (Å²) in [5, 5.41) is 13.1. The van der Waals surface area contributed by atoms with Gasteiger partial charge in [-0.1, -0.05) is 22.6 Å². The zero-order valence-corrected chi connectivity index (χ0v) is 18.6. The van der Waals surface area contributed by atoms with Crippen molar-refractivity contribution in [1.29, 1.82) is 0 Å². The van der Waals surface area contributed by atoms with Gasteiger partial charge in [0.25, 0.3) is 0 Å². The smallest absolute Gasteiger partial charge is 0.347 e. The van der Waals surface area contributed by atoms with Crippen LogP contribution in [0.3, 0.4) is 0 Å². The van der Waals surface area contributed by atoms with Gasteiger partial charge in [-0.25, -0.2) is 4.79 Å². The van der Waals surface area contributed by atoms with Gasteiger partial charge in [0.1, 0.15) is 25.2 Å². The molecule has 0 saturated heterocycles. The Morgan fingerprint density at radius 1 is 1.16 bits per heavy atom. The summed E-state index contributed by atoms with van der Waals surface area (Å²) in [4.78, 5) is 28.3. The van der Waals surface area contributed by atoms with Crippen LogP contribution in [0.5, 0.6) is 11.5 Å². The number of rotatable bonds is 9. The fraction of sp³-hybridized carbons (Fsp3) is 0.318. The summed E-state index contributed by atoms with van der Waals surface area (Å²) in [7, 11) is 1.49. The number of oxime groups is 1. The highest BCUT2D eigenvalue weighted by atomic mass is 32.1. The molecule has 1 heterocycles. The first-order valence-electron chi connectivity index (χ1n) is 9.58. The summed E-state index contributed by atoms with van der Waals surface area (Å²) in [5.41, 5.74) is 1.15. The molecule has 0 aliphatic rings. The van der Waals surface area contributed by atoms with E-state index in [4.69, 9.17) is 19.4 Å². The van der Waals surface area contributed by atoms with E-state index < -0.39 is 11.6 Å². The molecule has 31 heavy (non-hydrogen) atoms. The van der Waals surface area contributed by atoms with Gasteiger partial charge in [-0.05, 0) is 57.2 Å². The molecule has 0 bridgehead atoms. The average molecular weight is 445 g/mol. The molecule has 0 spiro atoms. The lowest BCUT2D eigenvalue weighted by atomic mass is 10.1. The summed E-state index contributed by atoms with van der Waals surface area (Å²) in [6.45, 7) is 5.51. The van der Waals surface area contributed by atoms with Crippen LogP contribution < -0.4 is 14.3 Å². The Morgan fingerprint density at radius 2 is 1.84 bits per heavy atom. The number of thiazole rings is 1. The number of ether oxygens (including phenoxy) is 2. The molecule has 0 fully saturated rings. The maximum Gasteiger partial charge on any atom is 0.347 e. The Kier molecular flexibility index (Phi) is 6.65. The minimum absolute atomic E-state index is 0.0586. The number of aromatic nitrogens is 1. The van der Waals surface area contributed by atoms with Gasteiger partial charge in [-0.3, -0.25) is 9.36 Å². The van der Waals surface area contributed by atoms with E-state index in [1.807, 2.05) is 25.1 Å². The van der Waals surface area contributed by atoms with E-state index in [0.29, 0.717) is 24.7 Å². The number of hydrogen-bond donors (Lipinski definition) is 1. The molecule has 0 unspecified atom stereocenters. The Hall–Kier alpha value is -3.33. The minimum atomic E-state index is -1.32. The molecule has 0 atom stereocenters. The third-order valence-corrected chi connectivity index (χ3v) is 5.55. The first-order valence-corrected chi connectivity index (χ1v) is 10.4. The number of carboxylic acids is 1. The Bertz CT molecular complexity index is 1160. The molecule has 0 saturated carbocycles. The first kappa shape index (κ1) is 22.4. The topological polar surface area (TPSA) is 99.4 Å². The summed E-state index contributed by atoms with van der Waals surface area (Å²) in [6.07, 6.45) is 0. The lowest BCUT2D eigenvalue weighted by molar-refractivity contribution is -0.152. The summed E-state index contributed by atoms with van der Waals surface area (Å²) in [5.74, 6) is -0.0146. The average Bonchev–Trinajstić information content (AvgIpc) is 3.03. The number of aliphatic carboxylic acids is 1. The largest absolute Gasteiger partial charge is 0.492 e. The zero-order valence-electron chi connectivity index (χ0n) is 17.7. The SMILES string of the molecule is CON=C(C)c1ccc2c(c1)sc(=O)n2CCOc1ccc(OC(C)(C)C(=O)O)cc1. The molecular formula is C22H24N2O6S. The molecule has 0 aliphatic heterocycles. The van der Waals surface area contributed by atoms with Crippen LogP contribution in [0.15, 0.2) is 52.4 Å². The molecule has 1 aromatic heterocycles. The van der Waals surface area contributed by atoms with E-state index in [0.717, 1.165) is 21.5 Å². The highest BCUT2D eigenvalue weighted by Crippen LogP contribution is 2.23. The van der Waals surface area contributed by atoms with Gasteiger partial charge in [0.2, 0.25) is 0 Å². The molecule has 0 aliphatic carbocycles. The Morgan fingerprint density at radius 3 is 2.48 bits per heavy atom. The molecule has 8 nitrogen and oxygen atoms in total. The van der Waals surface area contributed by atoms with Crippen LogP contribution in [0.25, 0.3) is 10.2 Å². The molecule has 0 amide bonds. The van der Waals surface area contributed by atoms with Crippen molar-refractivity contribution in [3.05, 3.63) is 57.7 Å².